The van der Waals surface area contributed by atoms with E-state index in [1.54, 1.807) is 30.5 Å². The summed E-state index contributed by atoms with van der Waals surface area (Å²) >= 11 is 0. The maximum atomic E-state index is 13.8. The molecular weight excluding hydrogens is 495 g/mol. The Labute approximate surface area is 223 Å². The average molecular weight is 525 g/mol. The van der Waals surface area contributed by atoms with Gasteiger partial charge in [0.1, 0.15) is 5.82 Å². The third-order valence-electron chi connectivity index (χ3n) is 8.19. The molecule has 0 bridgehead atoms. The number of benzene rings is 2. The Bertz CT molecular complexity index is 1650. The fourth-order valence-electron chi connectivity index (χ4n) is 6.08. The van der Waals surface area contributed by atoms with Crippen LogP contribution in [-0.2, 0) is 16.3 Å². The highest BCUT2D eigenvalue weighted by Gasteiger charge is 2.49. The molecular formula is C32H29FN2O2S. The SMILES string of the molecule is C=C(c1ccccn1)[C@]12Cc3ccn(-c4ccc(F)cc4)c3C=C1CC[C@H](S(=O)(=O)c1ccc(C)cc1)C2. The Morgan fingerprint density at radius 3 is 2.53 bits per heavy atom. The van der Waals surface area contributed by atoms with Crippen molar-refractivity contribution in [2.45, 2.75) is 42.8 Å². The van der Waals surface area contributed by atoms with E-state index in [9.17, 15) is 12.8 Å². The second kappa shape index (κ2) is 9.21. The van der Waals surface area contributed by atoms with Crippen molar-refractivity contribution in [2.75, 3.05) is 0 Å². The number of rotatable bonds is 5. The molecule has 0 aliphatic heterocycles. The Hall–Kier alpha value is -3.77. The number of aromatic nitrogens is 2. The van der Waals surface area contributed by atoms with Crippen LogP contribution < -0.4 is 0 Å². The standard InChI is InChI=1S/C32H29FN2O2S/c1-22-6-13-28(14-7-22)38(36,37)29-15-8-25-19-31-24(16-18-35(31)27-11-9-26(33)10-12-27)20-32(25,21-29)23(2)30-5-3-4-17-34-30/h3-7,9-14,16-19,29H,2,8,15,20-21H2,1H3/t29-,32+/m0/s1. The van der Waals surface area contributed by atoms with E-state index in [0.29, 0.717) is 30.6 Å². The monoisotopic (exact) mass is 524 g/mol. The maximum Gasteiger partial charge on any atom is 0.181 e. The number of pyridine rings is 1. The molecule has 0 unspecified atom stereocenters. The van der Waals surface area contributed by atoms with E-state index in [4.69, 9.17) is 0 Å². The Morgan fingerprint density at radius 1 is 1.05 bits per heavy atom. The Kier molecular flexibility index (Phi) is 5.95. The summed E-state index contributed by atoms with van der Waals surface area (Å²) in [4.78, 5) is 4.97. The molecule has 6 heteroatoms. The minimum Gasteiger partial charge on any atom is -0.317 e. The van der Waals surface area contributed by atoms with Crippen LogP contribution in [0.4, 0.5) is 4.39 Å². The molecule has 1 saturated carbocycles. The zero-order valence-corrected chi connectivity index (χ0v) is 22.1. The van der Waals surface area contributed by atoms with E-state index in [2.05, 4.69) is 28.3 Å². The van der Waals surface area contributed by atoms with E-state index in [-0.39, 0.29) is 5.82 Å². The summed E-state index contributed by atoms with van der Waals surface area (Å²) < 4.78 is 43.3. The van der Waals surface area contributed by atoms with Crippen molar-refractivity contribution in [3.63, 3.8) is 0 Å². The lowest BCUT2D eigenvalue weighted by Crippen LogP contribution is -2.41. The van der Waals surface area contributed by atoms with Gasteiger partial charge in [0.05, 0.1) is 15.8 Å². The van der Waals surface area contributed by atoms with Crippen LogP contribution in [0.1, 0.15) is 41.8 Å². The van der Waals surface area contributed by atoms with E-state index in [0.717, 1.165) is 33.8 Å². The molecule has 2 aromatic heterocycles. The van der Waals surface area contributed by atoms with Crippen LogP contribution in [0, 0.1) is 18.2 Å². The van der Waals surface area contributed by atoms with Gasteiger partial charge in [-0.05, 0) is 104 Å². The first kappa shape index (κ1) is 24.6. The highest BCUT2D eigenvalue weighted by molar-refractivity contribution is 7.92. The first-order valence-corrected chi connectivity index (χ1v) is 14.4. The molecule has 192 valence electrons. The number of aryl methyl sites for hydroxylation is 1. The van der Waals surface area contributed by atoms with Gasteiger partial charge in [-0.25, -0.2) is 12.8 Å². The van der Waals surface area contributed by atoms with Crippen LogP contribution in [0.2, 0.25) is 0 Å². The van der Waals surface area contributed by atoms with Gasteiger partial charge in [0.2, 0.25) is 0 Å². The van der Waals surface area contributed by atoms with Gasteiger partial charge in [-0.1, -0.05) is 35.9 Å². The Morgan fingerprint density at radius 2 is 1.82 bits per heavy atom. The lowest BCUT2D eigenvalue weighted by atomic mass is 9.60. The predicted molar refractivity (Wildman–Crippen MR) is 149 cm³/mol. The van der Waals surface area contributed by atoms with Crippen LogP contribution in [0.15, 0.2) is 102 Å². The normalized spacial score (nSPS) is 20.8. The number of fused-ring (bicyclic) bond motifs is 2. The highest BCUT2D eigenvalue weighted by Crippen LogP contribution is 2.56. The molecule has 2 aromatic carbocycles. The lowest BCUT2D eigenvalue weighted by Gasteiger charge is -2.46. The summed E-state index contributed by atoms with van der Waals surface area (Å²) in [6, 6.07) is 21.5. The minimum absolute atomic E-state index is 0.271. The van der Waals surface area contributed by atoms with Crippen molar-refractivity contribution in [1.82, 2.24) is 9.55 Å². The number of hydrogen-bond donors (Lipinski definition) is 0. The molecule has 0 saturated heterocycles. The van der Waals surface area contributed by atoms with Gasteiger partial charge < -0.3 is 4.57 Å². The second-order valence-electron chi connectivity index (χ2n) is 10.4. The van der Waals surface area contributed by atoms with Crippen molar-refractivity contribution >= 4 is 21.5 Å². The third kappa shape index (κ3) is 4.04. The number of allylic oxidation sites excluding steroid dienone is 2. The van der Waals surface area contributed by atoms with Crippen LogP contribution in [0.5, 0.6) is 0 Å². The molecule has 2 heterocycles. The maximum absolute atomic E-state index is 13.8. The zero-order chi connectivity index (χ0) is 26.5. The number of hydrogen-bond acceptors (Lipinski definition) is 3. The number of nitrogens with zero attached hydrogens (tertiary/aromatic N) is 2. The van der Waals surface area contributed by atoms with Crippen LogP contribution in [0.25, 0.3) is 17.3 Å². The van der Waals surface area contributed by atoms with Gasteiger partial charge in [0.15, 0.2) is 9.84 Å². The molecule has 2 atom stereocenters. The molecule has 0 radical (unpaired) electrons. The zero-order valence-electron chi connectivity index (χ0n) is 21.3. The molecule has 38 heavy (non-hydrogen) atoms. The molecule has 2 aliphatic carbocycles. The van der Waals surface area contributed by atoms with Crippen LogP contribution >= 0.6 is 0 Å². The van der Waals surface area contributed by atoms with E-state index in [1.165, 1.54) is 17.7 Å². The predicted octanol–water partition coefficient (Wildman–Crippen LogP) is 6.99. The molecule has 2 aliphatic rings. The number of halogens is 1. The molecule has 0 N–H and O–H groups in total. The molecule has 4 nitrogen and oxygen atoms in total. The molecule has 6 rings (SSSR count). The van der Waals surface area contributed by atoms with Crippen molar-refractivity contribution in [1.29, 1.82) is 0 Å². The first-order valence-electron chi connectivity index (χ1n) is 12.9. The fourth-order valence-corrected chi connectivity index (χ4v) is 7.92. The van der Waals surface area contributed by atoms with Gasteiger partial charge in [-0.2, -0.15) is 0 Å². The number of sulfone groups is 1. The minimum atomic E-state index is -3.53. The van der Waals surface area contributed by atoms with Crippen LogP contribution in [0.3, 0.4) is 0 Å². The average Bonchev–Trinajstić information content (AvgIpc) is 3.34. The summed E-state index contributed by atoms with van der Waals surface area (Å²) in [5.41, 5.74) is 6.34. The van der Waals surface area contributed by atoms with Gasteiger partial charge >= 0.3 is 0 Å². The quantitative estimate of drug-likeness (QED) is 0.283. The Balaban J connectivity index is 1.45. The van der Waals surface area contributed by atoms with Gasteiger partial charge in [-0.3, -0.25) is 4.98 Å². The largest absolute Gasteiger partial charge is 0.317 e. The molecule has 0 spiro atoms. The van der Waals surface area contributed by atoms with E-state index >= 15 is 0 Å². The van der Waals surface area contributed by atoms with Gasteiger partial charge in [0.25, 0.3) is 0 Å². The van der Waals surface area contributed by atoms with Crippen molar-refractivity contribution in [3.8, 4) is 5.69 Å². The summed E-state index contributed by atoms with van der Waals surface area (Å²) in [5.74, 6) is -0.271. The summed E-state index contributed by atoms with van der Waals surface area (Å²) in [6.07, 6.45) is 8.24. The van der Waals surface area contributed by atoms with E-state index < -0.39 is 20.5 Å². The second-order valence-corrected chi connectivity index (χ2v) is 12.6. The smallest absolute Gasteiger partial charge is 0.181 e. The lowest BCUT2D eigenvalue weighted by molar-refractivity contribution is 0.356. The van der Waals surface area contributed by atoms with Crippen molar-refractivity contribution < 1.29 is 12.8 Å². The third-order valence-corrected chi connectivity index (χ3v) is 10.4. The van der Waals surface area contributed by atoms with Crippen LogP contribution in [-0.4, -0.2) is 23.2 Å². The summed E-state index contributed by atoms with van der Waals surface area (Å²) in [6.45, 7) is 6.48. The molecule has 4 aromatic rings. The summed E-state index contributed by atoms with van der Waals surface area (Å²) in [5, 5.41) is -0.524. The van der Waals surface area contributed by atoms with Crippen molar-refractivity contribution in [3.05, 3.63) is 126 Å². The van der Waals surface area contributed by atoms with Gasteiger partial charge in [-0.15, -0.1) is 0 Å². The van der Waals surface area contributed by atoms with E-state index in [1.807, 2.05) is 43.5 Å². The first-order chi connectivity index (χ1) is 18.3. The van der Waals surface area contributed by atoms with Gasteiger partial charge in [0, 0.05) is 29.2 Å². The highest BCUT2D eigenvalue weighted by atomic mass is 32.2. The molecule has 1 fully saturated rings. The molecule has 0 amide bonds. The summed E-state index contributed by atoms with van der Waals surface area (Å²) in [7, 11) is -3.53. The van der Waals surface area contributed by atoms with Crippen molar-refractivity contribution in [2.24, 2.45) is 5.41 Å². The topological polar surface area (TPSA) is 52.0 Å². The fraction of sp³-hybridized carbons (Fsp3) is 0.219.